The Morgan fingerprint density at radius 3 is 2.40 bits per heavy atom. The van der Waals surface area contributed by atoms with Crippen LogP contribution in [0.1, 0.15) is 17.1 Å². The average Bonchev–Trinajstić information content (AvgIpc) is 2.80. The number of H-pyrrole nitrogens is 1. The molecule has 6 heteroatoms. The topological polar surface area (TPSA) is 41.6 Å². The van der Waals surface area contributed by atoms with E-state index in [0.29, 0.717) is 17.8 Å². The molecule has 0 aliphatic rings. The number of benzene rings is 1. The Morgan fingerprint density at radius 1 is 0.950 bits per heavy atom. The first kappa shape index (κ1) is 12.7. The normalized spacial score (nSPS) is 11.9. The van der Waals surface area contributed by atoms with Crippen molar-refractivity contribution < 1.29 is 13.2 Å². The van der Waals surface area contributed by atoms with Gasteiger partial charge >= 0.3 is 6.18 Å². The molecule has 1 aromatic carbocycles. The van der Waals surface area contributed by atoms with E-state index in [4.69, 9.17) is 0 Å². The highest BCUT2D eigenvalue weighted by Gasteiger charge is 2.32. The summed E-state index contributed by atoms with van der Waals surface area (Å²) in [6.07, 6.45) is -3.93. The van der Waals surface area contributed by atoms with Gasteiger partial charge in [0.1, 0.15) is 11.5 Å². The second-order valence-electron chi connectivity index (χ2n) is 4.41. The number of aromatic amines is 1. The summed E-state index contributed by atoms with van der Waals surface area (Å²) in [5.41, 5.74) is 0.694. The number of fused-ring (bicyclic) bond motifs is 1. The zero-order valence-corrected chi connectivity index (χ0v) is 10.3. The molecule has 0 unspecified atom stereocenters. The van der Waals surface area contributed by atoms with Gasteiger partial charge in [0, 0.05) is 6.42 Å². The summed E-state index contributed by atoms with van der Waals surface area (Å²) in [5, 5.41) is 0. The maximum Gasteiger partial charge on any atom is 0.433 e. The van der Waals surface area contributed by atoms with E-state index >= 15 is 0 Å². The molecule has 0 saturated carbocycles. The van der Waals surface area contributed by atoms with Crippen molar-refractivity contribution in [2.45, 2.75) is 12.6 Å². The molecule has 102 valence electrons. The predicted octanol–water partition coefficient (Wildman–Crippen LogP) is 3.57. The van der Waals surface area contributed by atoms with E-state index < -0.39 is 11.9 Å². The van der Waals surface area contributed by atoms with E-state index in [-0.39, 0.29) is 5.65 Å². The second-order valence-corrected chi connectivity index (χ2v) is 4.41. The lowest BCUT2D eigenvalue weighted by atomic mass is 10.1. The van der Waals surface area contributed by atoms with Crippen LogP contribution in [0.5, 0.6) is 0 Å². The molecule has 20 heavy (non-hydrogen) atoms. The summed E-state index contributed by atoms with van der Waals surface area (Å²) >= 11 is 0. The fraction of sp³-hybridized carbons (Fsp3) is 0.143. The molecule has 0 radical (unpaired) electrons. The molecule has 0 aliphatic carbocycles. The summed E-state index contributed by atoms with van der Waals surface area (Å²) in [6.45, 7) is 0. The smallest absolute Gasteiger partial charge is 0.340 e. The molecule has 0 amide bonds. The Kier molecular flexibility index (Phi) is 2.93. The quantitative estimate of drug-likeness (QED) is 0.778. The first-order valence-electron chi connectivity index (χ1n) is 5.99. The number of pyridine rings is 1. The van der Waals surface area contributed by atoms with E-state index in [0.717, 1.165) is 11.6 Å². The number of imidazole rings is 1. The fourth-order valence-corrected chi connectivity index (χ4v) is 1.97. The number of nitrogens with one attached hydrogen (secondary N) is 1. The number of hydrogen-bond acceptors (Lipinski definition) is 2. The summed E-state index contributed by atoms with van der Waals surface area (Å²) in [4.78, 5) is 10.6. The number of rotatable bonds is 2. The Bertz CT molecular complexity index is 732. The summed E-state index contributed by atoms with van der Waals surface area (Å²) in [7, 11) is 0. The molecule has 0 atom stereocenters. The molecule has 0 aliphatic heterocycles. The van der Waals surface area contributed by atoms with Crippen LogP contribution in [-0.2, 0) is 12.6 Å². The highest BCUT2D eigenvalue weighted by atomic mass is 19.4. The molecule has 3 rings (SSSR count). The van der Waals surface area contributed by atoms with Crippen LogP contribution in [0.3, 0.4) is 0 Å². The zero-order chi connectivity index (χ0) is 14.2. The molecule has 0 bridgehead atoms. The van der Waals surface area contributed by atoms with Gasteiger partial charge in [-0.3, -0.25) is 0 Å². The Morgan fingerprint density at radius 2 is 1.70 bits per heavy atom. The monoisotopic (exact) mass is 277 g/mol. The zero-order valence-electron chi connectivity index (χ0n) is 10.3. The third-order valence-corrected chi connectivity index (χ3v) is 2.90. The van der Waals surface area contributed by atoms with Crippen LogP contribution in [0.15, 0.2) is 42.5 Å². The fourth-order valence-electron chi connectivity index (χ4n) is 1.97. The third-order valence-electron chi connectivity index (χ3n) is 2.90. The van der Waals surface area contributed by atoms with Crippen LogP contribution in [0.25, 0.3) is 11.2 Å². The third kappa shape index (κ3) is 2.49. The summed E-state index contributed by atoms with van der Waals surface area (Å²) in [6, 6.07) is 11.9. The number of nitrogens with zero attached hydrogens (tertiary/aromatic N) is 2. The summed E-state index contributed by atoms with van der Waals surface area (Å²) in [5.74, 6) is 0.595. The highest BCUT2D eigenvalue weighted by molar-refractivity contribution is 5.70. The van der Waals surface area contributed by atoms with Crippen molar-refractivity contribution in [3.05, 3.63) is 59.5 Å². The van der Waals surface area contributed by atoms with Gasteiger partial charge in [-0.05, 0) is 17.7 Å². The molecule has 0 saturated heterocycles. The average molecular weight is 277 g/mol. The molecule has 2 heterocycles. The number of alkyl halides is 3. The van der Waals surface area contributed by atoms with Gasteiger partial charge in [-0.15, -0.1) is 0 Å². The van der Waals surface area contributed by atoms with E-state index in [1.54, 1.807) is 0 Å². The maximum absolute atomic E-state index is 12.6. The lowest BCUT2D eigenvalue weighted by Crippen LogP contribution is -2.07. The van der Waals surface area contributed by atoms with Crippen molar-refractivity contribution in [1.82, 2.24) is 15.0 Å². The maximum atomic E-state index is 12.6. The van der Waals surface area contributed by atoms with Crippen molar-refractivity contribution in [3.63, 3.8) is 0 Å². The van der Waals surface area contributed by atoms with E-state index in [1.807, 2.05) is 30.3 Å². The van der Waals surface area contributed by atoms with E-state index in [1.165, 1.54) is 6.07 Å². The number of aromatic nitrogens is 3. The van der Waals surface area contributed by atoms with Gasteiger partial charge in [-0.1, -0.05) is 30.3 Å². The lowest BCUT2D eigenvalue weighted by molar-refractivity contribution is -0.141. The van der Waals surface area contributed by atoms with Gasteiger partial charge in [0.25, 0.3) is 0 Å². The van der Waals surface area contributed by atoms with Crippen molar-refractivity contribution >= 4 is 11.2 Å². The molecule has 3 aromatic rings. The van der Waals surface area contributed by atoms with Gasteiger partial charge in [0.2, 0.25) is 0 Å². The van der Waals surface area contributed by atoms with Crippen LogP contribution in [0.4, 0.5) is 13.2 Å². The van der Waals surface area contributed by atoms with Crippen molar-refractivity contribution in [2.24, 2.45) is 0 Å². The molecule has 1 N–H and O–H groups in total. The second kappa shape index (κ2) is 4.63. The first-order valence-corrected chi connectivity index (χ1v) is 5.99. The predicted molar refractivity (Wildman–Crippen MR) is 68.1 cm³/mol. The first-order chi connectivity index (χ1) is 9.52. The Balaban J connectivity index is 1.95. The van der Waals surface area contributed by atoms with Crippen LogP contribution >= 0.6 is 0 Å². The van der Waals surface area contributed by atoms with Crippen LogP contribution in [0.2, 0.25) is 0 Å². The molecule has 3 nitrogen and oxygen atoms in total. The van der Waals surface area contributed by atoms with Gasteiger partial charge in [0.05, 0.1) is 5.52 Å². The number of halogens is 3. The van der Waals surface area contributed by atoms with Gasteiger partial charge < -0.3 is 4.98 Å². The standard InChI is InChI=1S/C14H10F3N3/c15-14(16,17)11-7-6-10-13(19-11)20-12(18-10)8-9-4-2-1-3-5-9/h1-7H,8H2,(H,18,19,20). The largest absolute Gasteiger partial charge is 0.433 e. The Hall–Kier alpha value is -2.37. The van der Waals surface area contributed by atoms with Crippen molar-refractivity contribution in [3.8, 4) is 0 Å². The molecule has 2 aromatic heterocycles. The number of hydrogen-bond donors (Lipinski definition) is 1. The Labute approximate surface area is 112 Å². The van der Waals surface area contributed by atoms with Gasteiger partial charge in [-0.2, -0.15) is 13.2 Å². The molecular weight excluding hydrogens is 267 g/mol. The van der Waals surface area contributed by atoms with Crippen LogP contribution in [-0.4, -0.2) is 15.0 Å². The highest BCUT2D eigenvalue weighted by Crippen LogP contribution is 2.28. The van der Waals surface area contributed by atoms with E-state index in [2.05, 4.69) is 15.0 Å². The molecule has 0 fully saturated rings. The van der Waals surface area contributed by atoms with Gasteiger partial charge in [-0.25, -0.2) is 9.97 Å². The van der Waals surface area contributed by atoms with Gasteiger partial charge in [0.15, 0.2) is 5.65 Å². The lowest BCUT2D eigenvalue weighted by Gasteiger charge is -2.03. The van der Waals surface area contributed by atoms with Crippen molar-refractivity contribution in [2.75, 3.05) is 0 Å². The van der Waals surface area contributed by atoms with Crippen LogP contribution < -0.4 is 0 Å². The van der Waals surface area contributed by atoms with Crippen LogP contribution in [0, 0.1) is 0 Å². The molecular formula is C14H10F3N3. The minimum absolute atomic E-state index is 0.0887. The minimum Gasteiger partial charge on any atom is -0.340 e. The van der Waals surface area contributed by atoms with Crippen molar-refractivity contribution in [1.29, 1.82) is 0 Å². The van der Waals surface area contributed by atoms with E-state index in [9.17, 15) is 13.2 Å². The molecule has 0 spiro atoms. The SMILES string of the molecule is FC(F)(F)c1ccc2[nH]c(Cc3ccccc3)nc2n1. The minimum atomic E-state index is -4.45. The summed E-state index contributed by atoms with van der Waals surface area (Å²) < 4.78 is 37.7.